The molecule has 1 atom stereocenters. The fourth-order valence-corrected chi connectivity index (χ4v) is 3.79. The van der Waals surface area contributed by atoms with Crippen molar-refractivity contribution in [2.24, 2.45) is 0 Å². The van der Waals surface area contributed by atoms with Crippen LogP contribution in [-0.2, 0) is 9.59 Å². The van der Waals surface area contributed by atoms with E-state index < -0.39 is 17.7 Å². The molecule has 1 aromatic carbocycles. The first-order chi connectivity index (χ1) is 14.5. The number of hydrogen-bond acceptors (Lipinski definition) is 5. The van der Waals surface area contributed by atoms with Gasteiger partial charge in [0.1, 0.15) is 11.5 Å². The number of hydrogen-bond donors (Lipinski definition) is 2. The molecule has 1 aliphatic rings. The number of likely N-dealkylation sites (tertiary alicyclic amines) is 1. The second-order valence-corrected chi connectivity index (χ2v) is 7.21. The van der Waals surface area contributed by atoms with Crippen LogP contribution in [-0.4, -0.2) is 60.0 Å². The lowest BCUT2D eigenvalue weighted by Gasteiger charge is -2.26. The summed E-state index contributed by atoms with van der Waals surface area (Å²) in [5, 5.41) is 11.0. The lowest BCUT2D eigenvalue weighted by atomic mass is 9.96. The lowest BCUT2D eigenvalue weighted by molar-refractivity contribution is -0.895. The summed E-state index contributed by atoms with van der Waals surface area (Å²) in [6.45, 7) is 7.21. The van der Waals surface area contributed by atoms with E-state index in [4.69, 9.17) is 4.74 Å². The van der Waals surface area contributed by atoms with E-state index in [1.807, 2.05) is 0 Å². The van der Waals surface area contributed by atoms with E-state index in [1.54, 1.807) is 60.8 Å². The maximum atomic E-state index is 13.0. The van der Waals surface area contributed by atoms with Crippen molar-refractivity contribution in [2.45, 2.75) is 19.9 Å². The maximum absolute atomic E-state index is 13.0. The molecule has 2 N–H and O–H groups in total. The quantitative estimate of drug-likeness (QED) is 0.391. The normalized spacial score (nSPS) is 18.3. The Morgan fingerprint density at radius 3 is 2.30 bits per heavy atom. The van der Waals surface area contributed by atoms with Gasteiger partial charge in [0.05, 0.1) is 44.9 Å². The van der Waals surface area contributed by atoms with Crippen molar-refractivity contribution in [1.82, 2.24) is 9.88 Å². The average Bonchev–Trinajstić information content (AvgIpc) is 3.05. The number of nitrogens with zero attached hydrogens (tertiary/aromatic N) is 2. The molecule has 7 nitrogen and oxygen atoms in total. The van der Waals surface area contributed by atoms with Crippen LogP contribution in [0.4, 0.5) is 0 Å². The predicted molar refractivity (Wildman–Crippen MR) is 113 cm³/mol. The van der Waals surface area contributed by atoms with Crippen LogP contribution in [0.15, 0.2) is 54.4 Å². The van der Waals surface area contributed by atoms with Crippen molar-refractivity contribution >= 4 is 17.4 Å². The van der Waals surface area contributed by atoms with Crippen LogP contribution >= 0.6 is 0 Å². The van der Waals surface area contributed by atoms with Crippen LogP contribution < -0.4 is 9.64 Å². The first kappa shape index (κ1) is 21.5. The molecular formula is C23H28N3O4+. The number of aliphatic hydroxyl groups is 1. The number of methoxy groups -OCH3 is 1. The number of ether oxygens (including phenoxy) is 1. The molecule has 1 amide bonds. The molecule has 0 radical (unpaired) electrons. The number of rotatable bonds is 8. The third kappa shape index (κ3) is 4.21. The summed E-state index contributed by atoms with van der Waals surface area (Å²) < 4.78 is 5.16. The molecule has 0 spiro atoms. The summed E-state index contributed by atoms with van der Waals surface area (Å²) in [5.41, 5.74) is 1.31. The topological polar surface area (TPSA) is 84.2 Å². The molecule has 0 saturated carbocycles. The number of likely N-dealkylation sites (N-methyl/N-ethyl adjacent to an activating group) is 1. The third-order valence-corrected chi connectivity index (χ3v) is 5.63. The van der Waals surface area contributed by atoms with Crippen molar-refractivity contribution in [3.63, 3.8) is 0 Å². The van der Waals surface area contributed by atoms with E-state index >= 15 is 0 Å². The van der Waals surface area contributed by atoms with E-state index in [-0.39, 0.29) is 11.3 Å². The largest absolute Gasteiger partial charge is 0.507 e. The average molecular weight is 410 g/mol. The molecule has 0 unspecified atom stereocenters. The second-order valence-electron chi connectivity index (χ2n) is 7.21. The van der Waals surface area contributed by atoms with Gasteiger partial charge in [0.25, 0.3) is 11.7 Å². The van der Waals surface area contributed by atoms with Gasteiger partial charge in [0, 0.05) is 18.0 Å². The van der Waals surface area contributed by atoms with Crippen LogP contribution in [0.5, 0.6) is 5.75 Å². The highest BCUT2D eigenvalue weighted by Gasteiger charge is 2.46. The number of benzene rings is 1. The highest BCUT2D eigenvalue weighted by atomic mass is 16.5. The Morgan fingerprint density at radius 1 is 1.10 bits per heavy atom. The number of aliphatic hydroxyl groups excluding tert-OH is 1. The van der Waals surface area contributed by atoms with Crippen LogP contribution in [0, 0.1) is 0 Å². The summed E-state index contributed by atoms with van der Waals surface area (Å²) >= 11 is 0. The summed E-state index contributed by atoms with van der Waals surface area (Å²) in [6.07, 6.45) is 3.25. The summed E-state index contributed by atoms with van der Waals surface area (Å²) in [7, 11) is 1.56. The second kappa shape index (κ2) is 9.54. The Bertz CT molecular complexity index is 921. The van der Waals surface area contributed by atoms with Gasteiger partial charge in [-0.2, -0.15) is 0 Å². The molecule has 3 rings (SSSR count). The Balaban J connectivity index is 2.05. The minimum absolute atomic E-state index is 0.103. The first-order valence-electron chi connectivity index (χ1n) is 10.2. The number of ketones is 1. The zero-order valence-corrected chi connectivity index (χ0v) is 17.6. The Hall–Kier alpha value is -3.19. The monoisotopic (exact) mass is 410 g/mol. The summed E-state index contributed by atoms with van der Waals surface area (Å²) in [6, 6.07) is 9.65. The number of aromatic nitrogens is 1. The van der Waals surface area contributed by atoms with E-state index in [1.165, 1.54) is 4.90 Å². The molecule has 30 heavy (non-hydrogen) atoms. The molecule has 2 aromatic rings. The van der Waals surface area contributed by atoms with Gasteiger partial charge in [-0.05, 0) is 55.8 Å². The third-order valence-electron chi connectivity index (χ3n) is 5.63. The van der Waals surface area contributed by atoms with Gasteiger partial charge in [-0.3, -0.25) is 14.6 Å². The first-order valence-corrected chi connectivity index (χ1v) is 10.2. The van der Waals surface area contributed by atoms with Gasteiger partial charge in [-0.1, -0.05) is 0 Å². The number of nitrogens with one attached hydrogen (secondary N) is 1. The van der Waals surface area contributed by atoms with Gasteiger partial charge in [-0.15, -0.1) is 0 Å². The number of quaternary nitrogens is 1. The van der Waals surface area contributed by atoms with Crippen LogP contribution in [0.3, 0.4) is 0 Å². The van der Waals surface area contributed by atoms with Crippen LogP contribution in [0.1, 0.15) is 31.0 Å². The summed E-state index contributed by atoms with van der Waals surface area (Å²) in [4.78, 5) is 32.8. The number of carbonyl (C=O) groups is 2. The molecule has 1 fully saturated rings. The molecule has 1 aromatic heterocycles. The van der Waals surface area contributed by atoms with Crippen molar-refractivity contribution in [3.05, 3.63) is 65.5 Å². The Morgan fingerprint density at radius 2 is 1.73 bits per heavy atom. The van der Waals surface area contributed by atoms with Crippen LogP contribution in [0.25, 0.3) is 5.76 Å². The standard InChI is InChI=1S/C23H27N3O4/c1-4-25(5-2)14-15-26-20(16-10-12-24-13-11-16)19(22(28)23(26)29)21(27)17-6-8-18(30-3)9-7-17/h6-13,20,27H,4-5,14-15H2,1-3H3/p+1/t20-/m1/s1. The van der Waals surface area contributed by atoms with Crippen molar-refractivity contribution in [3.8, 4) is 5.75 Å². The minimum Gasteiger partial charge on any atom is -0.507 e. The summed E-state index contributed by atoms with van der Waals surface area (Å²) in [5.74, 6) is -0.798. The van der Waals surface area contributed by atoms with E-state index in [0.29, 0.717) is 17.9 Å². The molecule has 0 bridgehead atoms. The van der Waals surface area contributed by atoms with Gasteiger partial charge in [0.15, 0.2) is 0 Å². The lowest BCUT2D eigenvalue weighted by Crippen LogP contribution is -3.12. The maximum Gasteiger partial charge on any atom is 0.295 e. The molecule has 1 aliphatic heterocycles. The minimum atomic E-state index is -0.667. The zero-order chi connectivity index (χ0) is 21.7. The molecule has 1 saturated heterocycles. The van der Waals surface area contributed by atoms with Gasteiger partial charge < -0.3 is 19.6 Å². The highest BCUT2D eigenvalue weighted by molar-refractivity contribution is 6.46. The van der Waals surface area contributed by atoms with E-state index in [9.17, 15) is 14.7 Å². The van der Waals surface area contributed by atoms with Gasteiger partial charge >= 0.3 is 0 Å². The predicted octanol–water partition coefficient (Wildman–Crippen LogP) is 1.44. The SMILES string of the molecule is CC[NH+](CC)CCN1C(=O)C(=O)C(=C(O)c2ccc(OC)cc2)[C@H]1c1ccncc1. The number of pyridine rings is 1. The van der Waals surface area contributed by atoms with Gasteiger partial charge in [0.2, 0.25) is 0 Å². The number of Topliss-reactive ketones (excluding diaryl/α,β-unsaturated/α-hetero) is 1. The van der Waals surface area contributed by atoms with E-state index in [2.05, 4.69) is 18.8 Å². The Kier molecular flexibility index (Phi) is 6.84. The molecule has 2 heterocycles. The molecular weight excluding hydrogens is 382 g/mol. The number of amides is 1. The fraction of sp³-hybridized carbons (Fsp3) is 0.348. The van der Waals surface area contributed by atoms with Crippen molar-refractivity contribution < 1.29 is 24.3 Å². The van der Waals surface area contributed by atoms with Crippen LogP contribution in [0.2, 0.25) is 0 Å². The number of carbonyl (C=O) groups excluding carboxylic acids is 2. The van der Waals surface area contributed by atoms with Crippen molar-refractivity contribution in [2.75, 3.05) is 33.3 Å². The molecule has 7 heteroatoms. The van der Waals surface area contributed by atoms with Gasteiger partial charge in [-0.25, -0.2) is 0 Å². The van der Waals surface area contributed by atoms with E-state index in [0.717, 1.165) is 25.2 Å². The van der Waals surface area contributed by atoms with Crippen molar-refractivity contribution in [1.29, 1.82) is 0 Å². The Labute approximate surface area is 176 Å². The molecule has 0 aliphatic carbocycles. The zero-order valence-electron chi connectivity index (χ0n) is 17.6. The smallest absolute Gasteiger partial charge is 0.295 e. The highest BCUT2D eigenvalue weighted by Crippen LogP contribution is 2.39. The molecule has 158 valence electrons. The fourth-order valence-electron chi connectivity index (χ4n) is 3.79.